The van der Waals surface area contributed by atoms with Gasteiger partial charge < -0.3 is 5.73 Å². The number of primary amides is 1. The van der Waals surface area contributed by atoms with E-state index >= 15 is 0 Å². The molecule has 12 heavy (non-hydrogen) atoms. The van der Waals surface area contributed by atoms with Crippen LogP contribution in [0.25, 0.3) is 0 Å². The lowest BCUT2D eigenvalue weighted by molar-refractivity contribution is 0.0989. The van der Waals surface area contributed by atoms with Crippen molar-refractivity contribution in [3.63, 3.8) is 0 Å². The predicted octanol–water partition coefficient (Wildman–Crippen LogP) is 0.247. The fourth-order valence-corrected chi connectivity index (χ4v) is 0.736. The quantitative estimate of drug-likeness (QED) is 0.715. The first kappa shape index (κ1) is 8.63. The number of hydrogen-bond donors (Lipinski definition) is 1. The van der Waals surface area contributed by atoms with Gasteiger partial charge >= 0.3 is 0 Å². The lowest BCUT2D eigenvalue weighted by atomic mass is 10.4. The summed E-state index contributed by atoms with van der Waals surface area (Å²) in [6, 6.07) is 1.30. The second-order valence-electron chi connectivity index (χ2n) is 2.18. The summed E-state index contributed by atoms with van der Waals surface area (Å²) in [5.74, 6) is -0.719. The smallest absolute Gasteiger partial charge is 0.269 e. The summed E-state index contributed by atoms with van der Waals surface area (Å²) < 4.78 is 24.5. The topological polar surface area (TPSA) is 60.9 Å². The number of halogens is 2. The van der Waals surface area contributed by atoms with Gasteiger partial charge in [0.05, 0.1) is 0 Å². The molecule has 2 N–H and O–H groups in total. The van der Waals surface area contributed by atoms with Crippen molar-refractivity contribution in [1.82, 2.24) is 9.78 Å². The van der Waals surface area contributed by atoms with Crippen molar-refractivity contribution in [2.24, 2.45) is 5.73 Å². The zero-order valence-electron chi connectivity index (χ0n) is 6.08. The molecule has 0 aliphatic rings. The van der Waals surface area contributed by atoms with E-state index < -0.39 is 18.9 Å². The van der Waals surface area contributed by atoms with Crippen LogP contribution < -0.4 is 5.73 Å². The molecule has 1 rings (SSSR count). The number of carbonyl (C=O) groups is 1. The Kier molecular flexibility index (Phi) is 2.37. The minimum Gasteiger partial charge on any atom is -0.364 e. The molecule has 1 heterocycles. The number of rotatable bonds is 3. The highest BCUT2D eigenvalue weighted by Crippen LogP contribution is 1.99. The number of carbonyl (C=O) groups excluding carboxylic acids is 1. The average Bonchev–Trinajstić information content (AvgIpc) is 2.34. The summed E-state index contributed by atoms with van der Waals surface area (Å²) in [5.41, 5.74) is 4.85. The van der Waals surface area contributed by atoms with E-state index in [4.69, 9.17) is 5.73 Å². The second-order valence-corrected chi connectivity index (χ2v) is 2.18. The molecule has 0 unspecified atom stereocenters. The van der Waals surface area contributed by atoms with Crippen molar-refractivity contribution >= 4 is 5.91 Å². The van der Waals surface area contributed by atoms with Crippen LogP contribution in [0.4, 0.5) is 8.78 Å². The van der Waals surface area contributed by atoms with Crippen molar-refractivity contribution in [3.8, 4) is 0 Å². The van der Waals surface area contributed by atoms with Crippen molar-refractivity contribution in [2.75, 3.05) is 0 Å². The predicted molar refractivity (Wildman–Crippen MR) is 36.7 cm³/mol. The van der Waals surface area contributed by atoms with Crippen LogP contribution in [-0.4, -0.2) is 22.1 Å². The minimum atomic E-state index is -2.48. The molecule has 0 saturated heterocycles. The molecule has 66 valence electrons. The molecule has 0 aliphatic carbocycles. The molecule has 1 aromatic heterocycles. The Hall–Kier alpha value is -1.46. The third-order valence-electron chi connectivity index (χ3n) is 1.22. The maximum Gasteiger partial charge on any atom is 0.269 e. The number of amides is 1. The van der Waals surface area contributed by atoms with Crippen molar-refractivity contribution < 1.29 is 13.6 Å². The second kappa shape index (κ2) is 3.29. The first-order valence-corrected chi connectivity index (χ1v) is 3.21. The lowest BCUT2D eigenvalue weighted by Gasteiger charge is -1.97. The Labute approximate surface area is 67.0 Å². The summed E-state index contributed by atoms with van der Waals surface area (Å²) in [6.45, 7) is -0.521. The molecular weight excluding hydrogens is 168 g/mol. The molecule has 1 amide bonds. The fourth-order valence-electron chi connectivity index (χ4n) is 0.736. The maximum absolute atomic E-state index is 11.8. The lowest BCUT2D eigenvalue weighted by Crippen LogP contribution is -2.13. The third kappa shape index (κ3) is 2.01. The molecule has 0 fully saturated rings. The largest absolute Gasteiger partial charge is 0.364 e. The van der Waals surface area contributed by atoms with E-state index in [9.17, 15) is 13.6 Å². The highest BCUT2D eigenvalue weighted by Gasteiger charge is 2.07. The van der Waals surface area contributed by atoms with Crippen LogP contribution in [0.2, 0.25) is 0 Å². The summed E-state index contributed by atoms with van der Waals surface area (Å²) in [7, 11) is 0. The standard InChI is InChI=1S/C6H7F2N3O/c7-5(8)3-11-2-1-4(10-11)6(9)12/h1-2,5H,3H2,(H2,9,12). The normalized spacial score (nSPS) is 10.6. The monoisotopic (exact) mass is 175 g/mol. The molecule has 1 aromatic rings. The number of alkyl halides is 2. The Bertz CT molecular complexity index is 284. The fraction of sp³-hybridized carbons (Fsp3) is 0.333. The van der Waals surface area contributed by atoms with Gasteiger partial charge in [0.1, 0.15) is 12.2 Å². The number of nitrogens with two attached hydrogens (primary N) is 1. The van der Waals surface area contributed by atoms with Gasteiger partial charge in [-0.15, -0.1) is 0 Å². The molecule has 0 spiro atoms. The van der Waals surface area contributed by atoms with Crippen LogP contribution >= 0.6 is 0 Å². The molecule has 0 radical (unpaired) electrons. The number of hydrogen-bond acceptors (Lipinski definition) is 2. The van der Waals surface area contributed by atoms with E-state index in [0.717, 1.165) is 4.68 Å². The molecule has 0 aromatic carbocycles. The first-order valence-electron chi connectivity index (χ1n) is 3.21. The van der Waals surface area contributed by atoms with E-state index in [1.54, 1.807) is 0 Å². The Balaban J connectivity index is 2.71. The van der Waals surface area contributed by atoms with Gasteiger partial charge in [-0.25, -0.2) is 8.78 Å². The maximum atomic E-state index is 11.8. The summed E-state index contributed by atoms with van der Waals surface area (Å²) >= 11 is 0. The van der Waals surface area contributed by atoms with Gasteiger partial charge in [0.2, 0.25) is 0 Å². The summed E-state index contributed by atoms with van der Waals surface area (Å²) in [6.07, 6.45) is -1.20. The Morgan fingerprint density at radius 1 is 1.75 bits per heavy atom. The van der Waals surface area contributed by atoms with Crippen molar-refractivity contribution in [3.05, 3.63) is 18.0 Å². The molecule has 0 aliphatic heterocycles. The third-order valence-corrected chi connectivity index (χ3v) is 1.22. The summed E-state index contributed by atoms with van der Waals surface area (Å²) in [4.78, 5) is 10.5. The van der Waals surface area contributed by atoms with Gasteiger partial charge in [-0.05, 0) is 6.07 Å². The molecule has 6 heteroatoms. The minimum absolute atomic E-state index is 0.00403. The highest BCUT2D eigenvalue weighted by atomic mass is 19.3. The van der Waals surface area contributed by atoms with Crippen LogP contribution in [0.3, 0.4) is 0 Å². The van der Waals surface area contributed by atoms with Gasteiger partial charge in [-0.1, -0.05) is 0 Å². The van der Waals surface area contributed by atoms with Gasteiger partial charge in [-0.3, -0.25) is 9.48 Å². The molecule has 0 bridgehead atoms. The van der Waals surface area contributed by atoms with E-state index in [2.05, 4.69) is 5.10 Å². The molecular formula is C6H7F2N3O. The summed E-state index contributed by atoms with van der Waals surface area (Å²) in [5, 5.41) is 3.51. The van der Waals surface area contributed by atoms with Gasteiger partial charge in [-0.2, -0.15) is 5.10 Å². The van der Waals surface area contributed by atoms with E-state index in [1.807, 2.05) is 0 Å². The van der Waals surface area contributed by atoms with Gasteiger partial charge in [0, 0.05) is 6.20 Å². The van der Waals surface area contributed by atoms with E-state index in [1.165, 1.54) is 12.3 Å². The zero-order chi connectivity index (χ0) is 9.14. The van der Waals surface area contributed by atoms with Gasteiger partial charge in [0.25, 0.3) is 12.3 Å². The van der Waals surface area contributed by atoms with Crippen LogP contribution in [0.15, 0.2) is 12.3 Å². The SMILES string of the molecule is NC(=O)c1ccn(CC(F)F)n1. The molecule has 0 atom stereocenters. The van der Waals surface area contributed by atoms with E-state index in [-0.39, 0.29) is 5.69 Å². The molecule has 0 saturated carbocycles. The molecule has 4 nitrogen and oxygen atoms in total. The first-order chi connectivity index (χ1) is 5.59. The van der Waals surface area contributed by atoms with Gasteiger partial charge in [0.15, 0.2) is 0 Å². The van der Waals surface area contributed by atoms with Crippen LogP contribution in [0, 0.1) is 0 Å². The van der Waals surface area contributed by atoms with Crippen LogP contribution in [-0.2, 0) is 6.54 Å². The number of nitrogens with zero attached hydrogens (tertiary/aromatic N) is 2. The zero-order valence-corrected chi connectivity index (χ0v) is 6.08. The Morgan fingerprint density at radius 2 is 2.42 bits per heavy atom. The number of aromatic nitrogens is 2. The van der Waals surface area contributed by atoms with Crippen molar-refractivity contribution in [2.45, 2.75) is 13.0 Å². The average molecular weight is 175 g/mol. The Morgan fingerprint density at radius 3 is 2.83 bits per heavy atom. The van der Waals surface area contributed by atoms with Crippen molar-refractivity contribution in [1.29, 1.82) is 0 Å². The van der Waals surface area contributed by atoms with E-state index in [0.29, 0.717) is 0 Å². The van der Waals surface area contributed by atoms with Crippen LogP contribution in [0.5, 0.6) is 0 Å². The van der Waals surface area contributed by atoms with Crippen LogP contribution in [0.1, 0.15) is 10.5 Å². The highest BCUT2D eigenvalue weighted by molar-refractivity contribution is 5.90.